The highest BCUT2D eigenvalue weighted by molar-refractivity contribution is 9.10. The predicted octanol–water partition coefficient (Wildman–Crippen LogP) is 4.40. The van der Waals surface area contributed by atoms with Crippen molar-refractivity contribution in [2.45, 2.75) is 25.7 Å². The fraction of sp³-hybridized carbons (Fsp3) is 0.240. The molecule has 1 saturated heterocycles. The van der Waals surface area contributed by atoms with Crippen molar-refractivity contribution in [3.05, 3.63) is 82.4 Å². The van der Waals surface area contributed by atoms with Gasteiger partial charge in [0.05, 0.1) is 30.7 Å². The van der Waals surface area contributed by atoms with Gasteiger partial charge in [-0.1, -0.05) is 34.1 Å². The Bertz CT molecular complexity index is 1200. The summed E-state index contributed by atoms with van der Waals surface area (Å²) >= 11 is 3.46. The molecule has 0 saturated carbocycles. The van der Waals surface area contributed by atoms with E-state index in [9.17, 15) is 9.59 Å². The van der Waals surface area contributed by atoms with Gasteiger partial charge < -0.3 is 9.30 Å². The number of amides is 2. The zero-order valence-electron chi connectivity index (χ0n) is 18.5. The summed E-state index contributed by atoms with van der Waals surface area (Å²) in [4.78, 5) is 29.7. The Morgan fingerprint density at radius 1 is 1.27 bits per heavy atom. The Kier molecular flexibility index (Phi) is 6.93. The highest BCUT2D eigenvalue weighted by atomic mass is 79.9. The Balaban J connectivity index is 1.43. The monoisotopic (exact) mass is 508 g/mol. The number of hydrogen-bond acceptors (Lipinski definition) is 4. The van der Waals surface area contributed by atoms with Crippen LogP contribution >= 0.6 is 15.9 Å². The summed E-state index contributed by atoms with van der Waals surface area (Å²) in [7, 11) is 1.60. The minimum atomic E-state index is -0.355. The molecule has 1 aromatic heterocycles. The predicted molar refractivity (Wildman–Crippen MR) is 130 cm³/mol. The van der Waals surface area contributed by atoms with E-state index in [1.54, 1.807) is 19.5 Å². The number of nitrogens with zero attached hydrogens (tertiary/aromatic N) is 3. The summed E-state index contributed by atoms with van der Waals surface area (Å²) in [5.74, 6) is -0.0450. The van der Waals surface area contributed by atoms with Crippen LogP contribution in [0.2, 0.25) is 0 Å². The molecule has 33 heavy (non-hydrogen) atoms. The highest BCUT2D eigenvalue weighted by Crippen LogP contribution is 2.29. The van der Waals surface area contributed by atoms with E-state index in [4.69, 9.17) is 4.74 Å². The van der Waals surface area contributed by atoms with Crippen molar-refractivity contribution in [3.8, 4) is 11.4 Å². The highest BCUT2D eigenvalue weighted by Gasteiger charge is 2.30. The fourth-order valence-corrected chi connectivity index (χ4v) is 4.34. The van der Waals surface area contributed by atoms with Crippen LogP contribution in [0, 0.1) is 6.92 Å². The lowest BCUT2D eigenvalue weighted by atomic mass is 9.90. The van der Waals surface area contributed by atoms with E-state index < -0.39 is 0 Å². The molecule has 0 radical (unpaired) electrons. The summed E-state index contributed by atoms with van der Waals surface area (Å²) in [6.07, 6.45) is 8.34. The van der Waals surface area contributed by atoms with E-state index in [1.807, 2.05) is 60.2 Å². The number of carbonyl (C=O) groups is 2. The van der Waals surface area contributed by atoms with Crippen LogP contribution < -0.4 is 10.2 Å². The lowest BCUT2D eigenvalue weighted by Gasteiger charge is -2.32. The Labute approximate surface area is 201 Å². The van der Waals surface area contributed by atoms with Gasteiger partial charge in [-0.05, 0) is 61.2 Å². The molecule has 170 valence electrons. The molecule has 0 aliphatic carbocycles. The summed E-state index contributed by atoms with van der Waals surface area (Å²) < 4.78 is 8.33. The smallest absolute Gasteiger partial charge is 0.262 e. The molecule has 1 aliphatic heterocycles. The lowest BCUT2D eigenvalue weighted by Crippen LogP contribution is -2.50. The molecule has 8 heteroatoms. The van der Waals surface area contributed by atoms with Gasteiger partial charge in [-0.15, -0.1) is 0 Å². The number of methoxy groups -OCH3 is 1. The van der Waals surface area contributed by atoms with Crippen LogP contribution in [0.15, 0.2) is 65.5 Å². The number of ether oxygens (including phenoxy) is 1. The fourth-order valence-electron chi connectivity index (χ4n) is 3.93. The number of hydrazine groups is 1. The van der Waals surface area contributed by atoms with E-state index in [1.165, 1.54) is 11.1 Å². The standard InChI is InChI=1S/C25H25BrN4O3/c1-17-15-29(16-27-17)22-10-8-18(13-23(22)33-2)9-11-24(31)28-30-12-4-7-21(25(30)32)19-5-3-6-20(26)14-19/h3,5-6,8-11,13-16,21H,4,7,12H2,1-2H3,(H,28,31)/b11-9+. The number of halogens is 1. The second-order valence-corrected chi connectivity index (χ2v) is 8.82. The van der Waals surface area contributed by atoms with Crippen molar-refractivity contribution in [2.75, 3.05) is 13.7 Å². The van der Waals surface area contributed by atoms with Gasteiger partial charge in [-0.2, -0.15) is 0 Å². The molecule has 0 spiro atoms. The number of piperidine rings is 1. The average Bonchev–Trinajstić information content (AvgIpc) is 3.25. The normalized spacial score (nSPS) is 16.3. The van der Waals surface area contributed by atoms with Gasteiger partial charge in [0.1, 0.15) is 5.75 Å². The number of aromatic nitrogens is 2. The largest absolute Gasteiger partial charge is 0.495 e. The van der Waals surface area contributed by atoms with Crippen molar-refractivity contribution < 1.29 is 14.3 Å². The molecule has 2 aromatic carbocycles. The molecule has 1 aliphatic rings. The molecule has 3 aromatic rings. The van der Waals surface area contributed by atoms with Gasteiger partial charge in [0, 0.05) is 23.3 Å². The third-order valence-corrected chi connectivity index (χ3v) is 6.05. The number of benzene rings is 2. The van der Waals surface area contributed by atoms with Gasteiger partial charge in [0.15, 0.2) is 0 Å². The van der Waals surface area contributed by atoms with E-state index in [0.717, 1.165) is 39.8 Å². The number of nitrogens with one attached hydrogen (secondary N) is 1. The zero-order chi connectivity index (χ0) is 23.4. The van der Waals surface area contributed by atoms with Crippen LogP contribution in [0.1, 0.15) is 35.6 Å². The summed E-state index contributed by atoms with van der Waals surface area (Å²) in [6.45, 7) is 2.42. The molecule has 0 bridgehead atoms. The topological polar surface area (TPSA) is 76.5 Å². The van der Waals surface area contributed by atoms with Gasteiger partial charge in [-0.3, -0.25) is 20.0 Å². The van der Waals surface area contributed by atoms with Gasteiger partial charge in [0.2, 0.25) is 5.91 Å². The molecular weight excluding hydrogens is 484 g/mol. The van der Waals surface area contributed by atoms with Gasteiger partial charge >= 0.3 is 0 Å². The van der Waals surface area contributed by atoms with Gasteiger partial charge in [-0.25, -0.2) is 4.98 Å². The molecule has 4 rings (SSSR count). The third-order valence-electron chi connectivity index (χ3n) is 5.56. The van der Waals surface area contributed by atoms with E-state index in [2.05, 4.69) is 26.3 Å². The van der Waals surface area contributed by atoms with Crippen LogP contribution in [0.3, 0.4) is 0 Å². The maximum Gasteiger partial charge on any atom is 0.262 e. The van der Waals surface area contributed by atoms with Gasteiger partial charge in [0.25, 0.3) is 5.91 Å². The van der Waals surface area contributed by atoms with E-state index in [0.29, 0.717) is 12.3 Å². The van der Waals surface area contributed by atoms with Crippen molar-refractivity contribution in [1.29, 1.82) is 0 Å². The lowest BCUT2D eigenvalue weighted by molar-refractivity contribution is -0.143. The molecule has 1 N–H and O–H groups in total. The van der Waals surface area contributed by atoms with Crippen LogP contribution in [0.25, 0.3) is 11.8 Å². The van der Waals surface area contributed by atoms with Crippen LogP contribution in [-0.4, -0.2) is 40.0 Å². The number of hydrogen-bond donors (Lipinski definition) is 1. The van der Waals surface area contributed by atoms with E-state index >= 15 is 0 Å². The molecule has 1 unspecified atom stereocenters. The maximum atomic E-state index is 13.0. The van der Waals surface area contributed by atoms with Crippen molar-refractivity contribution >= 4 is 33.8 Å². The minimum Gasteiger partial charge on any atom is -0.495 e. The number of aryl methyl sites for hydroxylation is 1. The number of rotatable bonds is 6. The van der Waals surface area contributed by atoms with Crippen LogP contribution in [0.5, 0.6) is 5.75 Å². The molecular formula is C25H25BrN4O3. The maximum absolute atomic E-state index is 13.0. The Hall–Kier alpha value is -3.39. The first-order valence-corrected chi connectivity index (χ1v) is 11.5. The molecule has 2 amide bonds. The summed E-state index contributed by atoms with van der Waals surface area (Å²) in [5, 5.41) is 1.42. The SMILES string of the molecule is COc1cc(/C=C/C(=O)NN2CCCC(c3cccc(Br)c3)C2=O)ccc1-n1cnc(C)c1. The first kappa shape index (κ1) is 22.8. The Morgan fingerprint density at radius 2 is 2.12 bits per heavy atom. The zero-order valence-corrected chi connectivity index (χ0v) is 20.1. The molecule has 1 fully saturated rings. The van der Waals surface area contributed by atoms with Crippen LogP contribution in [-0.2, 0) is 9.59 Å². The number of imidazole rings is 1. The Morgan fingerprint density at radius 3 is 2.85 bits per heavy atom. The molecule has 1 atom stereocenters. The second-order valence-electron chi connectivity index (χ2n) is 7.90. The first-order valence-electron chi connectivity index (χ1n) is 10.7. The quantitative estimate of drug-likeness (QED) is 0.500. The van der Waals surface area contributed by atoms with Crippen molar-refractivity contribution in [3.63, 3.8) is 0 Å². The summed E-state index contributed by atoms with van der Waals surface area (Å²) in [5.41, 5.74) is 6.25. The molecule has 2 heterocycles. The third kappa shape index (κ3) is 5.34. The number of carbonyl (C=O) groups excluding carboxylic acids is 2. The molecule has 7 nitrogen and oxygen atoms in total. The van der Waals surface area contributed by atoms with Crippen LogP contribution in [0.4, 0.5) is 0 Å². The van der Waals surface area contributed by atoms with Crippen molar-refractivity contribution in [2.24, 2.45) is 0 Å². The summed E-state index contributed by atoms with van der Waals surface area (Å²) in [6, 6.07) is 13.4. The second kappa shape index (κ2) is 10.0. The van der Waals surface area contributed by atoms with Crippen molar-refractivity contribution in [1.82, 2.24) is 20.0 Å². The first-order chi connectivity index (χ1) is 15.9. The minimum absolute atomic E-state index is 0.0947. The average molecular weight is 509 g/mol. The van der Waals surface area contributed by atoms with E-state index in [-0.39, 0.29) is 17.7 Å².